The summed E-state index contributed by atoms with van der Waals surface area (Å²) < 4.78 is 66.7. The molecular weight excluding hydrogens is 566 g/mol. The molecule has 2 aromatic carbocycles. The van der Waals surface area contributed by atoms with Gasteiger partial charge in [0, 0.05) is 30.9 Å². The summed E-state index contributed by atoms with van der Waals surface area (Å²) in [5, 5.41) is 2.83. The van der Waals surface area contributed by atoms with Gasteiger partial charge in [0.15, 0.2) is 0 Å². The second kappa shape index (κ2) is 11.8. The van der Waals surface area contributed by atoms with Crippen molar-refractivity contribution in [3.05, 3.63) is 83.7 Å². The zero-order chi connectivity index (χ0) is 30.1. The van der Waals surface area contributed by atoms with Gasteiger partial charge in [0.1, 0.15) is 17.2 Å². The number of alkyl carbamates (subject to hydrolysis) is 1. The van der Waals surface area contributed by atoms with Crippen LogP contribution in [0.15, 0.2) is 65.7 Å². The molecule has 222 valence electrons. The van der Waals surface area contributed by atoms with Gasteiger partial charge in [-0.2, -0.15) is 4.31 Å². The van der Waals surface area contributed by atoms with Gasteiger partial charge < -0.3 is 19.8 Å². The maximum Gasteiger partial charge on any atom is 0.408 e. The lowest BCUT2D eigenvalue weighted by Crippen LogP contribution is -2.40. The van der Waals surface area contributed by atoms with Gasteiger partial charge in [-0.15, -0.1) is 0 Å². The van der Waals surface area contributed by atoms with Crippen LogP contribution in [0.3, 0.4) is 0 Å². The number of halogens is 2. The van der Waals surface area contributed by atoms with Crippen LogP contribution in [0.5, 0.6) is 0 Å². The third kappa shape index (κ3) is 6.77. The number of nitrogens with one attached hydrogen (secondary N) is 2. The molecule has 2 aromatic heterocycles. The third-order valence-electron chi connectivity index (χ3n) is 6.72. The molecular formula is C30H32F2N4O5S. The molecule has 9 nitrogen and oxygen atoms in total. The van der Waals surface area contributed by atoms with Crippen LogP contribution in [0.4, 0.5) is 13.6 Å². The summed E-state index contributed by atoms with van der Waals surface area (Å²) in [5.74, 6) is -1.49. The number of aromatic nitrogens is 2. The summed E-state index contributed by atoms with van der Waals surface area (Å²) in [4.78, 5) is 21.0. The number of H-pyrrole nitrogens is 1. The van der Waals surface area contributed by atoms with Crippen LogP contribution in [-0.2, 0) is 25.9 Å². The number of rotatable bonds is 7. The molecule has 1 fully saturated rings. The minimum atomic E-state index is -3.71. The number of aromatic amines is 1. The van der Waals surface area contributed by atoms with Crippen LogP contribution in [-0.4, -0.2) is 60.7 Å². The van der Waals surface area contributed by atoms with E-state index in [2.05, 4.69) is 10.3 Å². The van der Waals surface area contributed by atoms with Gasteiger partial charge in [-0.25, -0.2) is 27.0 Å². The number of hydrogen-bond acceptors (Lipinski definition) is 6. The highest BCUT2D eigenvalue weighted by Gasteiger charge is 2.28. The fourth-order valence-corrected chi connectivity index (χ4v) is 6.27. The van der Waals surface area contributed by atoms with E-state index in [-0.39, 0.29) is 24.4 Å². The van der Waals surface area contributed by atoms with Gasteiger partial charge in [0.05, 0.1) is 40.9 Å². The topological polar surface area (TPSA) is 114 Å². The molecule has 0 aliphatic carbocycles. The molecule has 0 saturated carbocycles. The Morgan fingerprint density at radius 1 is 1.07 bits per heavy atom. The number of hydrogen-bond donors (Lipinski definition) is 2. The molecule has 1 atom stereocenters. The minimum absolute atomic E-state index is 0.00729. The fourth-order valence-electron chi connectivity index (χ4n) is 4.87. The molecule has 0 bridgehead atoms. The fraction of sp³-hybridized carbons (Fsp3) is 0.333. The molecule has 5 rings (SSSR count). The van der Waals surface area contributed by atoms with Crippen molar-refractivity contribution in [3.8, 4) is 11.1 Å². The van der Waals surface area contributed by atoms with E-state index in [9.17, 15) is 22.0 Å². The predicted octanol–water partition coefficient (Wildman–Crippen LogP) is 5.34. The van der Waals surface area contributed by atoms with Crippen molar-refractivity contribution in [2.75, 3.05) is 26.3 Å². The minimum Gasteiger partial charge on any atom is -0.444 e. The van der Waals surface area contributed by atoms with E-state index < -0.39 is 39.4 Å². The molecule has 3 heterocycles. The standard InChI is InChI=1S/C30H32F2N4O5S/c1-30(2,3)41-29(37)35-27(16-19-14-21(31)17-22(32)15-19)28-24(18-26-25(34-28)8-9-33-26)20-4-6-23(7-5-20)42(38,39)36-10-12-40-13-11-36/h4-9,14-15,17-18,27,33H,10-13,16H2,1-3H3,(H,35,37)/t27-/m0/s1. The molecule has 1 aliphatic heterocycles. The maximum absolute atomic E-state index is 14.1. The molecule has 0 unspecified atom stereocenters. The highest BCUT2D eigenvalue weighted by Crippen LogP contribution is 2.33. The summed E-state index contributed by atoms with van der Waals surface area (Å²) in [6, 6.07) is 12.4. The summed E-state index contributed by atoms with van der Waals surface area (Å²) in [5.41, 5.74) is 2.49. The lowest BCUT2D eigenvalue weighted by Gasteiger charge is -2.26. The van der Waals surface area contributed by atoms with E-state index >= 15 is 0 Å². The second-order valence-corrected chi connectivity index (χ2v) is 13.0. The Morgan fingerprint density at radius 2 is 1.74 bits per heavy atom. The Kier molecular flexibility index (Phi) is 8.31. The average Bonchev–Trinajstić information content (AvgIpc) is 3.39. The molecule has 2 N–H and O–H groups in total. The van der Waals surface area contributed by atoms with Crippen LogP contribution in [0, 0.1) is 11.6 Å². The molecule has 4 aromatic rings. The summed E-state index contributed by atoms with van der Waals surface area (Å²) in [6.07, 6.45) is 1.01. The predicted molar refractivity (Wildman–Crippen MR) is 153 cm³/mol. The normalized spacial score (nSPS) is 15.5. The van der Waals surface area contributed by atoms with E-state index in [1.165, 1.54) is 28.6 Å². The first-order chi connectivity index (χ1) is 19.9. The maximum atomic E-state index is 14.1. The molecule has 0 spiro atoms. The van der Waals surface area contributed by atoms with Crippen molar-refractivity contribution in [1.82, 2.24) is 19.6 Å². The molecule has 1 saturated heterocycles. The Hall–Kier alpha value is -3.87. The van der Waals surface area contributed by atoms with Crippen LogP contribution >= 0.6 is 0 Å². The molecule has 1 amide bonds. The van der Waals surface area contributed by atoms with Crippen LogP contribution in [0.25, 0.3) is 22.2 Å². The molecule has 1 aliphatic rings. The van der Waals surface area contributed by atoms with E-state index in [4.69, 9.17) is 14.5 Å². The van der Waals surface area contributed by atoms with Gasteiger partial charge in [-0.1, -0.05) is 12.1 Å². The first-order valence-electron chi connectivity index (χ1n) is 13.5. The van der Waals surface area contributed by atoms with E-state index in [0.717, 1.165) is 6.07 Å². The van der Waals surface area contributed by atoms with Gasteiger partial charge in [-0.3, -0.25) is 0 Å². The van der Waals surface area contributed by atoms with Crippen molar-refractivity contribution >= 4 is 27.1 Å². The number of carbonyl (C=O) groups is 1. The summed E-state index contributed by atoms with van der Waals surface area (Å²) >= 11 is 0. The van der Waals surface area contributed by atoms with Gasteiger partial charge in [-0.05, 0) is 74.7 Å². The molecule has 12 heteroatoms. The van der Waals surface area contributed by atoms with E-state index in [1.807, 2.05) is 6.07 Å². The number of morpholine rings is 1. The number of fused-ring (bicyclic) bond motifs is 1. The summed E-state index contributed by atoms with van der Waals surface area (Å²) in [6.45, 7) is 6.41. The number of ether oxygens (including phenoxy) is 2. The van der Waals surface area contributed by atoms with Crippen molar-refractivity contribution in [1.29, 1.82) is 0 Å². The second-order valence-electron chi connectivity index (χ2n) is 11.1. The van der Waals surface area contributed by atoms with Crippen LogP contribution in [0.2, 0.25) is 0 Å². The van der Waals surface area contributed by atoms with Crippen molar-refractivity contribution in [2.45, 2.75) is 43.7 Å². The highest BCUT2D eigenvalue weighted by molar-refractivity contribution is 7.89. The number of benzene rings is 2. The summed E-state index contributed by atoms with van der Waals surface area (Å²) in [7, 11) is -3.71. The Labute approximate surface area is 242 Å². The third-order valence-corrected chi connectivity index (χ3v) is 8.63. The van der Waals surface area contributed by atoms with Crippen LogP contribution in [0.1, 0.15) is 38.1 Å². The number of pyridine rings is 1. The van der Waals surface area contributed by atoms with Gasteiger partial charge in [0.2, 0.25) is 10.0 Å². The van der Waals surface area contributed by atoms with Crippen molar-refractivity contribution in [2.24, 2.45) is 0 Å². The molecule has 0 radical (unpaired) electrons. The SMILES string of the molecule is CC(C)(C)OC(=O)N[C@@H](Cc1cc(F)cc(F)c1)c1nc2cc[nH]c2cc1-c1ccc(S(=O)(=O)N2CCOCC2)cc1. The van der Waals surface area contributed by atoms with Crippen molar-refractivity contribution in [3.63, 3.8) is 0 Å². The largest absolute Gasteiger partial charge is 0.444 e. The first kappa shape index (κ1) is 29.6. The van der Waals surface area contributed by atoms with E-state index in [0.29, 0.717) is 46.6 Å². The first-order valence-corrected chi connectivity index (χ1v) is 14.9. The lowest BCUT2D eigenvalue weighted by molar-refractivity contribution is 0.0502. The van der Waals surface area contributed by atoms with E-state index in [1.54, 1.807) is 45.2 Å². The number of nitrogens with zero attached hydrogens (tertiary/aromatic N) is 2. The lowest BCUT2D eigenvalue weighted by atomic mass is 9.95. The smallest absolute Gasteiger partial charge is 0.408 e. The Bertz CT molecular complexity index is 1670. The zero-order valence-corrected chi connectivity index (χ0v) is 24.3. The number of carbonyl (C=O) groups excluding carboxylic acids is 1. The Morgan fingerprint density at radius 3 is 2.38 bits per heavy atom. The monoisotopic (exact) mass is 598 g/mol. The number of sulfonamides is 1. The van der Waals surface area contributed by atoms with Gasteiger partial charge >= 0.3 is 6.09 Å². The quantitative estimate of drug-likeness (QED) is 0.297. The van der Waals surface area contributed by atoms with Crippen LogP contribution < -0.4 is 5.32 Å². The average molecular weight is 599 g/mol. The number of amides is 1. The molecule has 42 heavy (non-hydrogen) atoms. The zero-order valence-electron chi connectivity index (χ0n) is 23.5. The Balaban J connectivity index is 1.57. The van der Waals surface area contributed by atoms with Gasteiger partial charge in [0.25, 0.3) is 0 Å². The highest BCUT2D eigenvalue weighted by atomic mass is 32.2. The van der Waals surface area contributed by atoms with Crippen molar-refractivity contribution < 1.29 is 31.5 Å².